The predicted molar refractivity (Wildman–Crippen MR) is 77.4 cm³/mol. The normalized spacial score (nSPS) is 10.3. The zero-order valence-corrected chi connectivity index (χ0v) is 10.7. The SMILES string of the molecule is N#Cc1cc(Cc2ccnc3ccccc23)ccc1O. The van der Waals surface area contributed by atoms with E-state index in [0.29, 0.717) is 12.0 Å². The number of nitrogens with zero attached hydrogens (tertiary/aromatic N) is 2. The van der Waals surface area contributed by atoms with Crippen molar-refractivity contribution in [3.63, 3.8) is 0 Å². The smallest absolute Gasteiger partial charge is 0.133 e. The molecule has 3 nitrogen and oxygen atoms in total. The van der Waals surface area contributed by atoms with Gasteiger partial charge in [-0.25, -0.2) is 0 Å². The highest BCUT2D eigenvalue weighted by Gasteiger charge is 2.05. The maximum absolute atomic E-state index is 9.54. The van der Waals surface area contributed by atoms with E-state index in [1.807, 2.05) is 42.5 Å². The Bertz CT molecular complexity index is 813. The second-order valence-electron chi connectivity index (χ2n) is 4.63. The molecular weight excluding hydrogens is 248 g/mol. The molecule has 1 aromatic heterocycles. The van der Waals surface area contributed by atoms with E-state index in [2.05, 4.69) is 4.98 Å². The highest BCUT2D eigenvalue weighted by molar-refractivity contribution is 5.82. The van der Waals surface area contributed by atoms with Crippen LogP contribution in [-0.2, 0) is 6.42 Å². The van der Waals surface area contributed by atoms with E-state index < -0.39 is 0 Å². The summed E-state index contributed by atoms with van der Waals surface area (Å²) >= 11 is 0. The summed E-state index contributed by atoms with van der Waals surface area (Å²) in [7, 11) is 0. The van der Waals surface area contributed by atoms with Gasteiger partial charge in [-0.1, -0.05) is 24.3 Å². The maximum Gasteiger partial charge on any atom is 0.133 e. The van der Waals surface area contributed by atoms with Gasteiger partial charge in [0.2, 0.25) is 0 Å². The van der Waals surface area contributed by atoms with Crippen molar-refractivity contribution in [3.8, 4) is 11.8 Å². The first kappa shape index (κ1) is 12.2. The van der Waals surface area contributed by atoms with Crippen LogP contribution < -0.4 is 0 Å². The van der Waals surface area contributed by atoms with Gasteiger partial charge in [0, 0.05) is 11.6 Å². The second kappa shape index (κ2) is 5.02. The van der Waals surface area contributed by atoms with Crippen molar-refractivity contribution in [2.45, 2.75) is 6.42 Å². The Labute approximate surface area is 116 Å². The van der Waals surface area contributed by atoms with Crippen LogP contribution in [0.5, 0.6) is 5.75 Å². The fourth-order valence-corrected chi connectivity index (χ4v) is 2.31. The number of phenolic OH excluding ortho intramolecular Hbond substituents is 1. The molecule has 2 aromatic carbocycles. The van der Waals surface area contributed by atoms with E-state index in [1.165, 1.54) is 0 Å². The van der Waals surface area contributed by atoms with E-state index in [1.54, 1.807) is 18.3 Å². The van der Waals surface area contributed by atoms with Crippen LogP contribution in [0.3, 0.4) is 0 Å². The Morgan fingerprint density at radius 3 is 2.80 bits per heavy atom. The lowest BCUT2D eigenvalue weighted by Gasteiger charge is -2.07. The van der Waals surface area contributed by atoms with Crippen molar-refractivity contribution in [2.75, 3.05) is 0 Å². The molecule has 3 rings (SSSR count). The maximum atomic E-state index is 9.54. The number of aromatic hydroxyl groups is 1. The molecule has 0 aliphatic heterocycles. The number of hydrogen-bond donors (Lipinski definition) is 1. The number of para-hydroxylation sites is 1. The topological polar surface area (TPSA) is 56.9 Å². The van der Waals surface area contributed by atoms with Crippen LogP contribution in [0.2, 0.25) is 0 Å². The van der Waals surface area contributed by atoms with Gasteiger partial charge in [0.25, 0.3) is 0 Å². The largest absolute Gasteiger partial charge is 0.507 e. The van der Waals surface area contributed by atoms with Gasteiger partial charge < -0.3 is 5.11 Å². The molecule has 0 atom stereocenters. The van der Waals surface area contributed by atoms with E-state index in [4.69, 9.17) is 5.26 Å². The number of hydrogen-bond acceptors (Lipinski definition) is 3. The van der Waals surface area contributed by atoms with Crippen LogP contribution in [-0.4, -0.2) is 10.1 Å². The number of fused-ring (bicyclic) bond motifs is 1. The lowest BCUT2D eigenvalue weighted by atomic mass is 10.00. The predicted octanol–water partition coefficient (Wildman–Crippen LogP) is 3.40. The molecule has 3 heteroatoms. The number of aromatic nitrogens is 1. The van der Waals surface area contributed by atoms with E-state index in [9.17, 15) is 5.11 Å². The molecule has 0 saturated carbocycles. The minimum absolute atomic E-state index is 0.0239. The molecule has 3 aromatic rings. The lowest BCUT2D eigenvalue weighted by molar-refractivity contribution is 0.473. The Hall–Kier alpha value is -2.86. The van der Waals surface area contributed by atoms with E-state index in [0.717, 1.165) is 22.0 Å². The third kappa shape index (κ3) is 2.19. The van der Waals surface area contributed by atoms with Crippen molar-refractivity contribution >= 4 is 10.9 Å². The number of phenols is 1. The summed E-state index contributed by atoms with van der Waals surface area (Å²) in [5, 5.41) is 19.6. The summed E-state index contributed by atoms with van der Waals surface area (Å²) < 4.78 is 0. The third-order valence-corrected chi connectivity index (χ3v) is 3.32. The molecule has 0 bridgehead atoms. The van der Waals surface area contributed by atoms with Crippen LogP contribution >= 0.6 is 0 Å². The highest BCUT2D eigenvalue weighted by Crippen LogP contribution is 2.22. The number of benzene rings is 2. The molecule has 96 valence electrons. The average Bonchev–Trinajstić information content (AvgIpc) is 2.49. The Balaban J connectivity index is 2.04. The molecule has 0 saturated heterocycles. The van der Waals surface area contributed by atoms with Crippen molar-refractivity contribution in [3.05, 3.63) is 71.4 Å². The molecule has 0 aliphatic rings. The minimum Gasteiger partial charge on any atom is -0.507 e. The summed E-state index contributed by atoms with van der Waals surface area (Å²) in [5.41, 5.74) is 3.42. The average molecular weight is 260 g/mol. The summed E-state index contributed by atoms with van der Waals surface area (Å²) in [6.07, 6.45) is 2.50. The lowest BCUT2D eigenvalue weighted by Crippen LogP contribution is -1.92. The number of nitriles is 1. The summed E-state index contributed by atoms with van der Waals surface area (Å²) in [6.45, 7) is 0. The molecule has 1 heterocycles. The van der Waals surface area contributed by atoms with Gasteiger partial charge in [0.05, 0.1) is 11.1 Å². The third-order valence-electron chi connectivity index (χ3n) is 3.32. The van der Waals surface area contributed by atoms with Gasteiger partial charge in [-0.05, 0) is 41.8 Å². The van der Waals surface area contributed by atoms with Gasteiger partial charge >= 0.3 is 0 Å². The molecule has 0 spiro atoms. The molecule has 0 aliphatic carbocycles. The van der Waals surface area contributed by atoms with Gasteiger partial charge in [0.1, 0.15) is 11.8 Å². The zero-order chi connectivity index (χ0) is 13.9. The first-order valence-corrected chi connectivity index (χ1v) is 6.32. The van der Waals surface area contributed by atoms with Crippen LogP contribution in [0.4, 0.5) is 0 Å². The molecular formula is C17H12N2O. The first-order chi connectivity index (χ1) is 9.78. The number of rotatable bonds is 2. The zero-order valence-electron chi connectivity index (χ0n) is 10.7. The molecule has 1 N–H and O–H groups in total. The quantitative estimate of drug-likeness (QED) is 0.768. The van der Waals surface area contributed by atoms with Crippen LogP contribution in [0, 0.1) is 11.3 Å². The van der Waals surface area contributed by atoms with Gasteiger partial charge in [-0.2, -0.15) is 5.26 Å². The van der Waals surface area contributed by atoms with Crippen molar-refractivity contribution < 1.29 is 5.11 Å². The summed E-state index contributed by atoms with van der Waals surface area (Å²) in [6, 6.07) is 17.1. The van der Waals surface area contributed by atoms with Crippen molar-refractivity contribution in [2.24, 2.45) is 0 Å². The van der Waals surface area contributed by atoms with Crippen molar-refractivity contribution in [1.82, 2.24) is 4.98 Å². The van der Waals surface area contributed by atoms with E-state index >= 15 is 0 Å². The highest BCUT2D eigenvalue weighted by atomic mass is 16.3. The summed E-state index contributed by atoms with van der Waals surface area (Å²) in [5.74, 6) is 0.0239. The van der Waals surface area contributed by atoms with Gasteiger partial charge in [-0.3, -0.25) is 4.98 Å². The number of pyridine rings is 1. The molecule has 0 unspecified atom stereocenters. The molecule has 0 amide bonds. The second-order valence-corrected chi connectivity index (χ2v) is 4.63. The fraction of sp³-hybridized carbons (Fsp3) is 0.0588. The fourth-order valence-electron chi connectivity index (χ4n) is 2.31. The Kier molecular flexibility index (Phi) is 3.06. The van der Waals surface area contributed by atoms with Crippen LogP contribution in [0.15, 0.2) is 54.7 Å². The molecule has 0 fully saturated rings. The minimum atomic E-state index is 0.0239. The Morgan fingerprint density at radius 1 is 1.10 bits per heavy atom. The first-order valence-electron chi connectivity index (χ1n) is 6.32. The van der Waals surface area contributed by atoms with Crippen LogP contribution in [0.1, 0.15) is 16.7 Å². The monoisotopic (exact) mass is 260 g/mol. The van der Waals surface area contributed by atoms with Crippen LogP contribution in [0.25, 0.3) is 10.9 Å². The Morgan fingerprint density at radius 2 is 1.95 bits per heavy atom. The van der Waals surface area contributed by atoms with Gasteiger partial charge in [-0.15, -0.1) is 0 Å². The standard InChI is InChI=1S/C17H12N2O/c18-11-14-10-12(5-6-17(14)20)9-13-7-8-19-16-4-2-1-3-15(13)16/h1-8,10,20H,9H2. The molecule has 0 radical (unpaired) electrons. The summed E-state index contributed by atoms with van der Waals surface area (Å²) in [4.78, 5) is 4.34. The molecule has 20 heavy (non-hydrogen) atoms. The van der Waals surface area contributed by atoms with Gasteiger partial charge in [0.15, 0.2) is 0 Å². The van der Waals surface area contributed by atoms with Crippen molar-refractivity contribution in [1.29, 1.82) is 5.26 Å². The van der Waals surface area contributed by atoms with E-state index in [-0.39, 0.29) is 5.75 Å².